The molecule has 0 atom stereocenters. The molecule has 0 N–H and O–H groups in total. The Morgan fingerprint density at radius 2 is 2.19 bits per heavy atom. The van der Waals surface area contributed by atoms with Gasteiger partial charge in [0.1, 0.15) is 5.58 Å². The van der Waals surface area contributed by atoms with Crippen LogP contribution in [0.4, 0.5) is 0 Å². The van der Waals surface area contributed by atoms with E-state index in [9.17, 15) is 4.79 Å². The molecule has 0 saturated carbocycles. The van der Waals surface area contributed by atoms with Crippen LogP contribution in [0.25, 0.3) is 17.0 Å². The normalized spacial score (nSPS) is 14.1. The molecule has 3 rings (SSSR count). The lowest BCUT2D eigenvalue weighted by molar-refractivity contribution is 0.558. The monoisotopic (exact) mass is 212 g/mol. The molecule has 1 aromatic heterocycles. The van der Waals surface area contributed by atoms with E-state index in [1.54, 1.807) is 6.07 Å². The first kappa shape index (κ1) is 9.40. The van der Waals surface area contributed by atoms with Crippen molar-refractivity contribution in [3.05, 3.63) is 51.4 Å². The van der Waals surface area contributed by atoms with Crippen LogP contribution in [-0.2, 0) is 6.42 Å². The van der Waals surface area contributed by atoms with Crippen molar-refractivity contribution < 1.29 is 4.42 Å². The van der Waals surface area contributed by atoms with Gasteiger partial charge < -0.3 is 4.42 Å². The third kappa shape index (κ3) is 1.30. The summed E-state index contributed by atoms with van der Waals surface area (Å²) in [5.41, 5.74) is 3.79. The topological polar surface area (TPSA) is 30.2 Å². The second-order valence-electron chi connectivity index (χ2n) is 4.20. The van der Waals surface area contributed by atoms with E-state index in [0.717, 1.165) is 34.9 Å². The molecule has 2 aromatic rings. The van der Waals surface area contributed by atoms with E-state index in [-0.39, 0.29) is 5.63 Å². The van der Waals surface area contributed by atoms with Crippen LogP contribution < -0.4 is 5.63 Å². The highest BCUT2D eigenvalue weighted by Crippen LogP contribution is 2.28. The molecule has 1 aliphatic rings. The van der Waals surface area contributed by atoms with Crippen LogP contribution in [0, 0.1) is 6.92 Å². The van der Waals surface area contributed by atoms with Crippen molar-refractivity contribution in [3.63, 3.8) is 0 Å². The lowest BCUT2D eigenvalue weighted by Crippen LogP contribution is -2.02. The van der Waals surface area contributed by atoms with Crippen LogP contribution in [0.15, 0.2) is 33.5 Å². The zero-order valence-corrected chi connectivity index (χ0v) is 9.12. The summed E-state index contributed by atoms with van der Waals surface area (Å²) in [6, 6.07) is 5.72. The van der Waals surface area contributed by atoms with E-state index >= 15 is 0 Å². The first-order chi connectivity index (χ1) is 7.75. The summed E-state index contributed by atoms with van der Waals surface area (Å²) in [4.78, 5) is 11.4. The maximum atomic E-state index is 11.4. The summed E-state index contributed by atoms with van der Waals surface area (Å²) < 4.78 is 5.33. The van der Waals surface area contributed by atoms with Gasteiger partial charge in [-0.25, -0.2) is 4.79 Å². The van der Waals surface area contributed by atoms with E-state index in [1.165, 1.54) is 5.56 Å². The summed E-state index contributed by atoms with van der Waals surface area (Å²) >= 11 is 0. The molecule has 0 radical (unpaired) electrons. The molecule has 16 heavy (non-hydrogen) atoms. The lowest BCUT2D eigenvalue weighted by atomic mass is 9.94. The summed E-state index contributed by atoms with van der Waals surface area (Å²) in [7, 11) is 0. The predicted molar refractivity (Wildman–Crippen MR) is 64.6 cm³/mol. The molecule has 1 aliphatic carbocycles. The molecule has 0 bridgehead atoms. The van der Waals surface area contributed by atoms with Crippen LogP contribution in [0.2, 0.25) is 0 Å². The molecule has 0 fully saturated rings. The molecule has 0 amide bonds. The van der Waals surface area contributed by atoms with E-state index in [1.807, 2.05) is 13.0 Å². The van der Waals surface area contributed by atoms with Gasteiger partial charge in [0, 0.05) is 17.0 Å². The summed E-state index contributed by atoms with van der Waals surface area (Å²) in [5.74, 6) is 0. The van der Waals surface area contributed by atoms with Gasteiger partial charge in [0.2, 0.25) is 0 Å². The first-order valence-electron chi connectivity index (χ1n) is 5.48. The second-order valence-corrected chi connectivity index (χ2v) is 4.20. The fraction of sp³-hybridized carbons (Fsp3) is 0.214. The predicted octanol–water partition coefficient (Wildman–Crippen LogP) is 3.06. The van der Waals surface area contributed by atoms with Crippen LogP contribution in [0.1, 0.15) is 23.1 Å². The number of rotatable bonds is 0. The Balaban J connectivity index is 2.49. The number of hydrogen-bond acceptors (Lipinski definition) is 2. The Bertz CT molecular complexity index is 648. The lowest BCUT2D eigenvalue weighted by Gasteiger charge is -2.12. The fourth-order valence-corrected chi connectivity index (χ4v) is 2.29. The smallest absolute Gasteiger partial charge is 0.336 e. The Labute approximate surface area is 93.2 Å². The average molecular weight is 212 g/mol. The second kappa shape index (κ2) is 3.34. The molecule has 0 spiro atoms. The molecule has 1 aromatic carbocycles. The third-order valence-electron chi connectivity index (χ3n) is 3.11. The van der Waals surface area contributed by atoms with Crippen molar-refractivity contribution in [1.82, 2.24) is 0 Å². The largest absolute Gasteiger partial charge is 0.422 e. The highest BCUT2D eigenvalue weighted by Gasteiger charge is 2.12. The van der Waals surface area contributed by atoms with Crippen LogP contribution in [0.5, 0.6) is 0 Å². The summed E-state index contributed by atoms with van der Waals surface area (Å²) in [6.07, 6.45) is 6.28. The van der Waals surface area contributed by atoms with Crippen molar-refractivity contribution >= 4 is 17.0 Å². The number of fused-ring (bicyclic) bond motifs is 3. The van der Waals surface area contributed by atoms with Crippen molar-refractivity contribution in [2.45, 2.75) is 19.8 Å². The molecular weight excluding hydrogens is 200 g/mol. The van der Waals surface area contributed by atoms with Gasteiger partial charge in [-0.1, -0.05) is 24.3 Å². The van der Waals surface area contributed by atoms with Gasteiger partial charge >= 0.3 is 5.63 Å². The van der Waals surface area contributed by atoms with Crippen LogP contribution in [0.3, 0.4) is 0 Å². The highest BCUT2D eigenvalue weighted by molar-refractivity contribution is 5.89. The van der Waals surface area contributed by atoms with E-state index < -0.39 is 0 Å². The zero-order chi connectivity index (χ0) is 11.1. The molecule has 0 saturated heterocycles. The van der Waals surface area contributed by atoms with Gasteiger partial charge in [-0.2, -0.15) is 0 Å². The summed E-state index contributed by atoms with van der Waals surface area (Å²) in [5, 5.41) is 1.03. The Morgan fingerprint density at radius 1 is 1.31 bits per heavy atom. The van der Waals surface area contributed by atoms with E-state index in [4.69, 9.17) is 4.42 Å². The fourth-order valence-electron chi connectivity index (χ4n) is 2.29. The number of benzene rings is 1. The minimum atomic E-state index is -0.266. The molecule has 80 valence electrons. The maximum Gasteiger partial charge on any atom is 0.336 e. The minimum absolute atomic E-state index is 0.266. The number of allylic oxidation sites excluding steroid dienone is 1. The van der Waals surface area contributed by atoms with Crippen molar-refractivity contribution in [2.75, 3.05) is 0 Å². The molecule has 1 heterocycles. The zero-order valence-electron chi connectivity index (χ0n) is 9.12. The van der Waals surface area contributed by atoms with Crippen molar-refractivity contribution in [3.8, 4) is 0 Å². The molecule has 0 unspecified atom stereocenters. The molecule has 2 heteroatoms. The maximum absolute atomic E-state index is 11.4. The third-order valence-corrected chi connectivity index (χ3v) is 3.11. The molecular formula is C14H12O2. The molecule has 2 nitrogen and oxygen atoms in total. The van der Waals surface area contributed by atoms with Crippen LogP contribution in [-0.4, -0.2) is 0 Å². The number of aryl methyl sites for hydroxylation is 2. The Hall–Kier alpha value is -1.83. The van der Waals surface area contributed by atoms with Gasteiger partial charge in [-0.15, -0.1) is 0 Å². The first-order valence-corrected chi connectivity index (χ1v) is 5.48. The van der Waals surface area contributed by atoms with Gasteiger partial charge in [-0.05, 0) is 30.9 Å². The summed E-state index contributed by atoms with van der Waals surface area (Å²) in [6.45, 7) is 1.94. The van der Waals surface area contributed by atoms with E-state index in [2.05, 4.69) is 18.2 Å². The number of hydrogen-bond donors (Lipinski definition) is 0. The standard InChI is InChI=1S/C14H12O2/c1-9-8-13(15)16-14-11(9)7-6-10-4-2-3-5-12(10)14/h3,5-8H,2,4H2,1H3. The average Bonchev–Trinajstić information content (AvgIpc) is 2.28. The minimum Gasteiger partial charge on any atom is -0.422 e. The van der Waals surface area contributed by atoms with Crippen LogP contribution >= 0.6 is 0 Å². The van der Waals surface area contributed by atoms with Gasteiger partial charge in [-0.3, -0.25) is 0 Å². The van der Waals surface area contributed by atoms with Gasteiger partial charge in [0.05, 0.1) is 0 Å². The quantitative estimate of drug-likeness (QED) is 0.628. The Morgan fingerprint density at radius 3 is 3.06 bits per heavy atom. The highest BCUT2D eigenvalue weighted by atomic mass is 16.4. The Kier molecular flexibility index (Phi) is 1.96. The van der Waals surface area contributed by atoms with Crippen molar-refractivity contribution in [1.29, 1.82) is 0 Å². The molecule has 0 aliphatic heterocycles. The SMILES string of the molecule is Cc1cc(=O)oc2c3c(ccc12)CCC=C3. The van der Waals surface area contributed by atoms with Crippen molar-refractivity contribution in [2.24, 2.45) is 0 Å². The van der Waals surface area contributed by atoms with Gasteiger partial charge in [0.15, 0.2) is 0 Å². The van der Waals surface area contributed by atoms with E-state index in [0.29, 0.717) is 0 Å². The van der Waals surface area contributed by atoms with Gasteiger partial charge in [0.25, 0.3) is 0 Å².